The number of carboxylic acid groups (broad SMARTS) is 1. The fraction of sp³-hybridized carbons (Fsp3) is 0.211. The van der Waals surface area contributed by atoms with Crippen LogP contribution in [0.3, 0.4) is 0 Å². The number of nitrogens with one attached hydrogen (secondary N) is 1. The number of hydrogen-bond donors (Lipinski definition) is 2. The molecule has 1 unspecified atom stereocenters. The molecule has 28 heavy (non-hydrogen) atoms. The van der Waals surface area contributed by atoms with Gasteiger partial charge in [-0.05, 0) is 42.5 Å². The van der Waals surface area contributed by atoms with Crippen LogP contribution in [0.2, 0.25) is 10.0 Å². The standard InChI is InChI=1S/C19H16Cl2N2O5/c20-12-6-13(21)8-14(7-12)22-17(24)10-28-16-3-1-15(2-4-16)23-9-11(19(26)27)5-18(23)25/h1-4,6-8,11H,5,9-10H2,(H,22,24)(H,26,27). The summed E-state index contributed by atoms with van der Waals surface area (Å²) in [5, 5.41) is 12.5. The molecule has 2 N–H and O–H groups in total. The summed E-state index contributed by atoms with van der Waals surface area (Å²) in [4.78, 5) is 36.4. The predicted molar refractivity (Wildman–Crippen MR) is 105 cm³/mol. The number of carbonyl (C=O) groups is 3. The SMILES string of the molecule is O=C(COc1ccc(N2CC(C(=O)O)CC2=O)cc1)Nc1cc(Cl)cc(Cl)c1. The Kier molecular flexibility index (Phi) is 6.06. The van der Waals surface area contributed by atoms with Crippen molar-refractivity contribution in [2.75, 3.05) is 23.4 Å². The van der Waals surface area contributed by atoms with Gasteiger partial charge in [-0.25, -0.2) is 0 Å². The number of amides is 2. The van der Waals surface area contributed by atoms with Crippen LogP contribution in [0, 0.1) is 5.92 Å². The third-order valence-electron chi connectivity index (χ3n) is 4.14. The molecule has 1 fully saturated rings. The smallest absolute Gasteiger partial charge is 0.308 e. The molecule has 2 aromatic carbocycles. The Morgan fingerprint density at radius 2 is 1.79 bits per heavy atom. The number of carboxylic acids is 1. The van der Waals surface area contributed by atoms with E-state index in [9.17, 15) is 14.4 Å². The molecule has 0 spiro atoms. The maximum absolute atomic E-state index is 12.0. The molecular weight excluding hydrogens is 407 g/mol. The number of anilines is 2. The van der Waals surface area contributed by atoms with Gasteiger partial charge in [-0.2, -0.15) is 0 Å². The van der Waals surface area contributed by atoms with Gasteiger partial charge in [-0.1, -0.05) is 23.2 Å². The van der Waals surface area contributed by atoms with Crippen molar-refractivity contribution in [1.29, 1.82) is 0 Å². The molecule has 1 aliphatic rings. The first kappa shape index (κ1) is 20.0. The average molecular weight is 423 g/mol. The highest BCUT2D eigenvalue weighted by atomic mass is 35.5. The van der Waals surface area contributed by atoms with Crippen LogP contribution in [-0.2, 0) is 14.4 Å². The Balaban J connectivity index is 1.55. The van der Waals surface area contributed by atoms with Crippen LogP contribution >= 0.6 is 23.2 Å². The van der Waals surface area contributed by atoms with Gasteiger partial charge < -0.3 is 20.1 Å². The summed E-state index contributed by atoms with van der Waals surface area (Å²) < 4.78 is 5.43. The summed E-state index contributed by atoms with van der Waals surface area (Å²) in [6.45, 7) is -0.0911. The Hall–Kier alpha value is -2.77. The summed E-state index contributed by atoms with van der Waals surface area (Å²) in [5.74, 6) is -1.87. The van der Waals surface area contributed by atoms with E-state index in [1.807, 2.05) is 0 Å². The molecule has 1 aliphatic heterocycles. The molecule has 1 atom stereocenters. The number of carbonyl (C=O) groups excluding carboxylic acids is 2. The van der Waals surface area contributed by atoms with Crippen molar-refractivity contribution in [3.05, 3.63) is 52.5 Å². The molecule has 0 saturated carbocycles. The van der Waals surface area contributed by atoms with Gasteiger partial charge >= 0.3 is 5.97 Å². The molecule has 0 bridgehead atoms. The van der Waals surface area contributed by atoms with E-state index < -0.39 is 11.9 Å². The van der Waals surface area contributed by atoms with E-state index in [0.29, 0.717) is 27.2 Å². The molecule has 0 aliphatic carbocycles. The molecule has 9 heteroatoms. The van der Waals surface area contributed by atoms with Gasteiger partial charge in [0.15, 0.2) is 6.61 Å². The van der Waals surface area contributed by atoms with Crippen molar-refractivity contribution in [2.45, 2.75) is 6.42 Å². The number of rotatable bonds is 6. The van der Waals surface area contributed by atoms with Gasteiger partial charge in [0.25, 0.3) is 5.91 Å². The first-order valence-corrected chi connectivity index (χ1v) is 9.09. The van der Waals surface area contributed by atoms with Gasteiger partial charge in [0.05, 0.1) is 5.92 Å². The van der Waals surface area contributed by atoms with Crippen LogP contribution in [-0.4, -0.2) is 36.0 Å². The minimum absolute atomic E-state index is 0.0126. The summed E-state index contributed by atoms with van der Waals surface area (Å²) in [7, 11) is 0. The molecule has 0 aromatic heterocycles. The van der Waals surface area contributed by atoms with Crippen LogP contribution in [0.15, 0.2) is 42.5 Å². The summed E-state index contributed by atoms with van der Waals surface area (Å²) in [5.41, 5.74) is 1.04. The molecular formula is C19H16Cl2N2O5. The monoisotopic (exact) mass is 422 g/mol. The zero-order chi connectivity index (χ0) is 20.3. The maximum atomic E-state index is 12.0. The molecule has 146 valence electrons. The first-order chi connectivity index (χ1) is 13.3. The highest BCUT2D eigenvalue weighted by molar-refractivity contribution is 6.35. The van der Waals surface area contributed by atoms with Gasteiger partial charge in [0.1, 0.15) is 5.75 Å². The molecule has 7 nitrogen and oxygen atoms in total. The van der Waals surface area contributed by atoms with Crippen molar-refractivity contribution in [2.24, 2.45) is 5.92 Å². The molecule has 1 heterocycles. The molecule has 1 saturated heterocycles. The predicted octanol–water partition coefficient (Wildman–Crippen LogP) is 3.45. The Morgan fingerprint density at radius 1 is 1.14 bits per heavy atom. The summed E-state index contributed by atoms with van der Waals surface area (Å²) >= 11 is 11.8. The van der Waals surface area contributed by atoms with Gasteiger partial charge in [0.2, 0.25) is 5.91 Å². The van der Waals surface area contributed by atoms with E-state index in [-0.39, 0.29) is 31.4 Å². The van der Waals surface area contributed by atoms with Crippen molar-refractivity contribution >= 4 is 52.4 Å². The molecule has 2 aromatic rings. The Morgan fingerprint density at radius 3 is 2.36 bits per heavy atom. The quantitative estimate of drug-likeness (QED) is 0.742. The minimum atomic E-state index is -0.984. The second-order valence-corrected chi connectivity index (χ2v) is 7.11. The molecule has 2 amide bonds. The minimum Gasteiger partial charge on any atom is -0.484 e. The highest BCUT2D eigenvalue weighted by Gasteiger charge is 2.34. The fourth-order valence-electron chi connectivity index (χ4n) is 2.82. The van der Waals surface area contributed by atoms with Crippen molar-refractivity contribution in [3.63, 3.8) is 0 Å². The normalized spacial score (nSPS) is 16.1. The van der Waals surface area contributed by atoms with E-state index in [1.165, 1.54) is 4.90 Å². The van der Waals surface area contributed by atoms with Crippen LogP contribution in [0.5, 0.6) is 5.75 Å². The second kappa shape index (κ2) is 8.50. The zero-order valence-corrected chi connectivity index (χ0v) is 16.0. The van der Waals surface area contributed by atoms with Gasteiger partial charge in [-0.15, -0.1) is 0 Å². The lowest BCUT2D eigenvalue weighted by atomic mass is 10.1. The number of benzene rings is 2. The fourth-order valence-corrected chi connectivity index (χ4v) is 3.34. The van der Waals surface area contributed by atoms with E-state index in [4.69, 9.17) is 33.0 Å². The largest absolute Gasteiger partial charge is 0.484 e. The number of nitrogens with zero attached hydrogens (tertiary/aromatic N) is 1. The van der Waals surface area contributed by atoms with Crippen molar-refractivity contribution in [1.82, 2.24) is 0 Å². The maximum Gasteiger partial charge on any atom is 0.308 e. The van der Waals surface area contributed by atoms with Crippen molar-refractivity contribution in [3.8, 4) is 5.75 Å². The third kappa shape index (κ3) is 4.94. The Labute approximate surface area is 170 Å². The van der Waals surface area contributed by atoms with E-state index in [2.05, 4.69) is 5.32 Å². The number of aliphatic carboxylic acids is 1. The van der Waals surface area contributed by atoms with E-state index in [0.717, 1.165) is 0 Å². The van der Waals surface area contributed by atoms with Crippen LogP contribution in [0.4, 0.5) is 11.4 Å². The van der Waals surface area contributed by atoms with Crippen LogP contribution < -0.4 is 15.0 Å². The number of ether oxygens (including phenoxy) is 1. The third-order valence-corrected chi connectivity index (χ3v) is 4.58. The molecule has 3 rings (SSSR count). The lowest BCUT2D eigenvalue weighted by molar-refractivity contribution is -0.141. The first-order valence-electron chi connectivity index (χ1n) is 8.34. The van der Waals surface area contributed by atoms with E-state index >= 15 is 0 Å². The lowest BCUT2D eigenvalue weighted by Crippen LogP contribution is -2.25. The van der Waals surface area contributed by atoms with Gasteiger partial charge in [0, 0.05) is 34.4 Å². The topological polar surface area (TPSA) is 95.9 Å². The second-order valence-electron chi connectivity index (χ2n) is 6.23. The van der Waals surface area contributed by atoms with Crippen LogP contribution in [0.1, 0.15) is 6.42 Å². The summed E-state index contributed by atoms with van der Waals surface area (Å²) in [6, 6.07) is 11.2. The van der Waals surface area contributed by atoms with Crippen LogP contribution in [0.25, 0.3) is 0 Å². The lowest BCUT2D eigenvalue weighted by Gasteiger charge is -2.16. The average Bonchev–Trinajstić information content (AvgIpc) is 3.02. The zero-order valence-electron chi connectivity index (χ0n) is 14.5. The number of hydrogen-bond acceptors (Lipinski definition) is 4. The number of halogens is 2. The van der Waals surface area contributed by atoms with Crippen molar-refractivity contribution < 1.29 is 24.2 Å². The van der Waals surface area contributed by atoms with Gasteiger partial charge in [-0.3, -0.25) is 14.4 Å². The highest BCUT2D eigenvalue weighted by Crippen LogP contribution is 2.27. The molecule has 0 radical (unpaired) electrons. The Bertz CT molecular complexity index is 897. The summed E-state index contributed by atoms with van der Waals surface area (Å²) in [6.07, 6.45) is -0.0126. The van der Waals surface area contributed by atoms with E-state index in [1.54, 1.807) is 42.5 Å².